The Labute approximate surface area is 119 Å². The first-order valence-corrected chi connectivity index (χ1v) is 8.06. The van der Waals surface area contributed by atoms with Crippen molar-refractivity contribution in [1.82, 2.24) is 15.1 Å². The lowest BCUT2D eigenvalue weighted by Gasteiger charge is -2.45. The lowest BCUT2D eigenvalue weighted by atomic mass is 9.84. The smallest absolute Gasteiger partial charge is 0.0244 e. The normalized spacial score (nSPS) is 34.9. The van der Waals surface area contributed by atoms with Crippen molar-refractivity contribution in [3.8, 4) is 0 Å². The number of nitrogens with zero attached hydrogens (tertiary/aromatic N) is 2. The Morgan fingerprint density at radius 3 is 2.47 bits per heavy atom. The van der Waals surface area contributed by atoms with Gasteiger partial charge in [0.2, 0.25) is 0 Å². The molecule has 2 aliphatic heterocycles. The fourth-order valence-corrected chi connectivity index (χ4v) is 3.57. The van der Waals surface area contributed by atoms with E-state index >= 15 is 0 Å². The fourth-order valence-electron chi connectivity index (χ4n) is 3.57. The summed E-state index contributed by atoms with van der Waals surface area (Å²) < 4.78 is 0. The van der Waals surface area contributed by atoms with E-state index in [0.717, 1.165) is 12.0 Å². The molecule has 0 radical (unpaired) electrons. The monoisotopic (exact) mass is 267 g/mol. The van der Waals surface area contributed by atoms with Crippen LogP contribution in [0, 0.1) is 11.3 Å². The second kappa shape index (κ2) is 6.11. The fraction of sp³-hybridized carbons (Fsp3) is 1.00. The highest BCUT2D eigenvalue weighted by Gasteiger charge is 2.34. The van der Waals surface area contributed by atoms with Gasteiger partial charge in [-0.25, -0.2) is 0 Å². The topological polar surface area (TPSA) is 18.5 Å². The van der Waals surface area contributed by atoms with Crippen LogP contribution in [0.25, 0.3) is 0 Å². The minimum absolute atomic E-state index is 0.365. The van der Waals surface area contributed by atoms with Crippen LogP contribution in [0.3, 0.4) is 0 Å². The third-order valence-electron chi connectivity index (χ3n) is 5.03. The number of hydrogen-bond donors (Lipinski definition) is 1. The number of nitrogens with one attached hydrogen (secondary N) is 1. The Kier molecular flexibility index (Phi) is 4.91. The van der Waals surface area contributed by atoms with Crippen molar-refractivity contribution >= 4 is 0 Å². The molecule has 0 saturated carbocycles. The minimum atomic E-state index is 0.365. The maximum atomic E-state index is 3.77. The first-order valence-electron chi connectivity index (χ1n) is 8.06. The molecule has 3 heteroatoms. The van der Waals surface area contributed by atoms with Gasteiger partial charge in [0.1, 0.15) is 0 Å². The molecule has 1 N–H and O–H groups in total. The van der Waals surface area contributed by atoms with E-state index in [1.165, 1.54) is 45.6 Å². The highest BCUT2D eigenvalue weighted by molar-refractivity contribution is 4.92. The summed E-state index contributed by atoms with van der Waals surface area (Å²) in [5, 5.41) is 3.77. The van der Waals surface area contributed by atoms with Crippen LogP contribution in [0.4, 0.5) is 0 Å². The van der Waals surface area contributed by atoms with Crippen molar-refractivity contribution in [2.45, 2.75) is 52.6 Å². The summed E-state index contributed by atoms with van der Waals surface area (Å²) in [6, 6.07) is 1.37. The minimum Gasteiger partial charge on any atom is -0.311 e. The molecule has 2 saturated heterocycles. The second-order valence-electron chi connectivity index (χ2n) is 7.76. The zero-order valence-electron chi connectivity index (χ0n) is 13.6. The van der Waals surface area contributed by atoms with Gasteiger partial charge in [-0.3, -0.25) is 4.90 Å². The third-order valence-corrected chi connectivity index (χ3v) is 5.03. The molecule has 2 aliphatic rings. The summed E-state index contributed by atoms with van der Waals surface area (Å²) in [6.07, 6.45) is 2.66. The SMILES string of the molecule is CCC1CNC(C(C)(C)C)CN1CC1CCN(C)C1. The van der Waals surface area contributed by atoms with E-state index in [2.05, 4.69) is 49.9 Å². The summed E-state index contributed by atoms with van der Waals surface area (Å²) >= 11 is 0. The lowest BCUT2D eigenvalue weighted by Crippen LogP contribution is -2.60. The molecular weight excluding hydrogens is 234 g/mol. The Balaban J connectivity index is 1.94. The molecule has 0 bridgehead atoms. The molecule has 3 atom stereocenters. The Hall–Kier alpha value is -0.120. The van der Waals surface area contributed by atoms with Gasteiger partial charge in [-0.05, 0) is 37.8 Å². The number of rotatable bonds is 3. The molecule has 112 valence electrons. The lowest BCUT2D eigenvalue weighted by molar-refractivity contribution is 0.0710. The van der Waals surface area contributed by atoms with Crippen LogP contribution in [-0.2, 0) is 0 Å². The van der Waals surface area contributed by atoms with E-state index in [1.54, 1.807) is 0 Å². The van der Waals surface area contributed by atoms with Crippen LogP contribution >= 0.6 is 0 Å². The summed E-state index contributed by atoms with van der Waals surface area (Å²) in [5.74, 6) is 0.887. The van der Waals surface area contributed by atoms with Gasteiger partial charge in [0.05, 0.1) is 0 Å². The van der Waals surface area contributed by atoms with Crippen molar-refractivity contribution in [2.24, 2.45) is 11.3 Å². The predicted molar refractivity (Wildman–Crippen MR) is 82.5 cm³/mol. The summed E-state index contributed by atoms with van der Waals surface area (Å²) in [5.41, 5.74) is 0.365. The van der Waals surface area contributed by atoms with Crippen molar-refractivity contribution in [3.05, 3.63) is 0 Å². The van der Waals surface area contributed by atoms with Crippen LogP contribution in [-0.4, -0.2) is 61.7 Å². The van der Waals surface area contributed by atoms with Crippen LogP contribution in [0.5, 0.6) is 0 Å². The standard InChI is InChI=1S/C16H33N3/c1-6-14-9-17-15(16(2,3)4)12-19(14)11-13-7-8-18(5)10-13/h13-15,17H,6-12H2,1-5H3. The van der Waals surface area contributed by atoms with E-state index in [-0.39, 0.29) is 0 Å². The highest BCUT2D eigenvalue weighted by atomic mass is 15.2. The van der Waals surface area contributed by atoms with E-state index in [4.69, 9.17) is 0 Å². The van der Waals surface area contributed by atoms with E-state index in [9.17, 15) is 0 Å². The largest absolute Gasteiger partial charge is 0.311 e. The van der Waals surface area contributed by atoms with Crippen molar-refractivity contribution in [3.63, 3.8) is 0 Å². The van der Waals surface area contributed by atoms with Gasteiger partial charge in [-0.1, -0.05) is 27.7 Å². The average Bonchev–Trinajstić information content (AvgIpc) is 2.73. The zero-order chi connectivity index (χ0) is 14.0. The van der Waals surface area contributed by atoms with E-state index in [0.29, 0.717) is 11.5 Å². The quantitative estimate of drug-likeness (QED) is 0.844. The number of likely N-dealkylation sites (tertiary alicyclic amines) is 1. The Bertz CT molecular complexity index is 284. The molecule has 2 fully saturated rings. The first kappa shape index (κ1) is 15.3. The number of hydrogen-bond acceptors (Lipinski definition) is 3. The molecule has 3 unspecified atom stereocenters. The second-order valence-corrected chi connectivity index (χ2v) is 7.76. The zero-order valence-corrected chi connectivity index (χ0v) is 13.6. The molecule has 0 aromatic heterocycles. The molecule has 2 rings (SSSR count). The molecule has 0 aliphatic carbocycles. The molecule has 0 aromatic rings. The van der Waals surface area contributed by atoms with Gasteiger partial charge < -0.3 is 10.2 Å². The average molecular weight is 267 g/mol. The van der Waals surface area contributed by atoms with Crippen molar-refractivity contribution < 1.29 is 0 Å². The molecule has 3 nitrogen and oxygen atoms in total. The third kappa shape index (κ3) is 3.93. The molecule has 0 spiro atoms. The van der Waals surface area contributed by atoms with Crippen LogP contribution in [0.2, 0.25) is 0 Å². The van der Waals surface area contributed by atoms with E-state index < -0.39 is 0 Å². The van der Waals surface area contributed by atoms with Gasteiger partial charge in [0.15, 0.2) is 0 Å². The van der Waals surface area contributed by atoms with Gasteiger partial charge >= 0.3 is 0 Å². The maximum Gasteiger partial charge on any atom is 0.0244 e. The Morgan fingerprint density at radius 2 is 1.95 bits per heavy atom. The molecule has 0 amide bonds. The molecule has 0 aromatic carbocycles. The number of piperazine rings is 1. The molecule has 19 heavy (non-hydrogen) atoms. The van der Waals surface area contributed by atoms with Crippen LogP contribution < -0.4 is 5.32 Å². The summed E-state index contributed by atoms with van der Waals surface area (Å²) in [4.78, 5) is 5.26. The van der Waals surface area contributed by atoms with Gasteiger partial charge in [0.25, 0.3) is 0 Å². The first-order chi connectivity index (χ1) is 8.90. The van der Waals surface area contributed by atoms with Crippen molar-refractivity contribution in [1.29, 1.82) is 0 Å². The predicted octanol–water partition coefficient (Wildman–Crippen LogP) is 2.04. The van der Waals surface area contributed by atoms with Crippen molar-refractivity contribution in [2.75, 3.05) is 39.8 Å². The maximum absolute atomic E-state index is 3.77. The van der Waals surface area contributed by atoms with Crippen LogP contribution in [0.15, 0.2) is 0 Å². The van der Waals surface area contributed by atoms with E-state index in [1.807, 2.05) is 0 Å². The van der Waals surface area contributed by atoms with Gasteiger partial charge in [-0.2, -0.15) is 0 Å². The summed E-state index contributed by atoms with van der Waals surface area (Å²) in [6.45, 7) is 15.7. The molecule has 2 heterocycles. The van der Waals surface area contributed by atoms with Gasteiger partial charge in [0, 0.05) is 38.3 Å². The van der Waals surface area contributed by atoms with Crippen LogP contribution in [0.1, 0.15) is 40.5 Å². The Morgan fingerprint density at radius 1 is 1.21 bits per heavy atom. The molecular formula is C16H33N3. The van der Waals surface area contributed by atoms with Gasteiger partial charge in [-0.15, -0.1) is 0 Å². The highest BCUT2D eigenvalue weighted by Crippen LogP contribution is 2.26. The summed E-state index contributed by atoms with van der Waals surface area (Å²) in [7, 11) is 2.26.